The second-order valence-electron chi connectivity index (χ2n) is 5.39. The lowest BCUT2D eigenvalue weighted by atomic mass is 10.1. The molecule has 0 spiro atoms. The molecule has 0 atom stereocenters. The van der Waals surface area contributed by atoms with Gasteiger partial charge in [0.05, 0.1) is 21.2 Å². The molecule has 1 aromatic carbocycles. The quantitative estimate of drug-likeness (QED) is 0.735. The standard InChI is InChI=1S/C16H18Cl2N2O3/c1-3-5-19(6-4-2)14(21)9-20-15(22)10-7-12(17)13(18)8-11(10)16(20)23/h7-8H,3-6,9H2,1-2H3. The molecule has 1 aromatic rings. The van der Waals surface area contributed by atoms with Gasteiger partial charge in [-0.25, -0.2) is 0 Å². The van der Waals surface area contributed by atoms with Crippen LogP contribution < -0.4 is 0 Å². The number of benzene rings is 1. The van der Waals surface area contributed by atoms with Gasteiger partial charge in [-0.2, -0.15) is 0 Å². The van der Waals surface area contributed by atoms with E-state index in [0.29, 0.717) is 13.1 Å². The highest BCUT2D eigenvalue weighted by molar-refractivity contribution is 6.43. The van der Waals surface area contributed by atoms with E-state index in [1.54, 1.807) is 4.90 Å². The van der Waals surface area contributed by atoms with Gasteiger partial charge in [-0.15, -0.1) is 0 Å². The van der Waals surface area contributed by atoms with Crippen molar-refractivity contribution in [3.8, 4) is 0 Å². The molecule has 0 saturated carbocycles. The lowest BCUT2D eigenvalue weighted by Crippen LogP contribution is -2.43. The smallest absolute Gasteiger partial charge is 0.262 e. The summed E-state index contributed by atoms with van der Waals surface area (Å²) >= 11 is 11.8. The van der Waals surface area contributed by atoms with Gasteiger partial charge in [-0.1, -0.05) is 37.0 Å². The molecule has 23 heavy (non-hydrogen) atoms. The van der Waals surface area contributed by atoms with Crippen LogP contribution in [0.2, 0.25) is 10.0 Å². The Morgan fingerprint density at radius 3 is 1.83 bits per heavy atom. The summed E-state index contributed by atoms with van der Waals surface area (Å²) in [5.41, 5.74) is 0.379. The van der Waals surface area contributed by atoms with Crippen LogP contribution in [0.5, 0.6) is 0 Å². The van der Waals surface area contributed by atoms with Gasteiger partial charge in [0.2, 0.25) is 5.91 Å². The summed E-state index contributed by atoms with van der Waals surface area (Å²) in [5, 5.41) is 0.414. The first-order valence-electron chi connectivity index (χ1n) is 7.53. The summed E-state index contributed by atoms with van der Waals surface area (Å²) in [6, 6.07) is 2.75. The molecule has 0 radical (unpaired) electrons. The minimum absolute atomic E-state index is 0.190. The van der Waals surface area contributed by atoms with Gasteiger partial charge in [0.1, 0.15) is 6.54 Å². The van der Waals surface area contributed by atoms with Crippen LogP contribution in [0.25, 0.3) is 0 Å². The number of rotatable bonds is 6. The molecule has 1 aliphatic heterocycles. The first-order valence-corrected chi connectivity index (χ1v) is 8.29. The third-order valence-electron chi connectivity index (χ3n) is 3.64. The van der Waals surface area contributed by atoms with Crippen LogP contribution in [0.1, 0.15) is 47.4 Å². The number of imide groups is 1. The molecular formula is C16H18Cl2N2O3. The van der Waals surface area contributed by atoms with E-state index in [1.165, 1.54) is 12.1 Å². The van der Waals surface area contributed by atoms with E-state index in [2.05, 4.69) is 0 Å². The largest absolute Gasteiger partial charge is 0.341 e. The zero-order valence-corrected chi connectivity index (χ0v) is 14.6. The molecule has 0 bridgehead atoms. The lowest BCUT2D eigenvalue weighted by molar-refractivity contribution is -0.131. The number of hydrogen-bond donors (Lipinski definition) is 0. The van der Waals surface area contributed by atoms with Crippen LogP contribution >= 0.6 is 23.2 Å². The van der Waals surface area contributed by atoms with Crippen LogP contribution in [-0.2, 0) is 4.79 Å². The van der Waals surface area contributed by atoms with Gasteiger partial charge in [0, 0.05) is 13.1 Å². The zero-order chi connectivity index (χ0) is 17.1. The number of carbonyl (C=O) groups excluding carboxylic acids is 3. The van der Waals surface area contributed by atoms with Gasteiger partial charge in [0.15, 0.2) is 0 Å². The molecular weight excluding hydrogens is 339 g/mol. The molecule has 124 valence electrons. The van der Waals surface area contributed by atoms with E-state index < -0.39 is 11.8 Å². The van der Waals surface area contributed by atoms with Gasteiger partial charge in [-0.3, -0.25) is 19.3 Å². The Balaban J connectivity index is 2.21. The fourth-order valence-electron chi connectivity index (χ4n) is 2.56. The summed E-state index contributed by atoms with van der Waals surface area (Å²) in [7, 11) is 0. The summed E-state index contributed by atoms with van der Waals surface area (Å²) in [5.74, 6) is -1.25. The first kappa shape index (κ1) is 17.8. The third kappa shape index (κ3) is 3.51. The Bertz CT molecular complexity index is 614. The van der Waals surface area contributed by atoms with Gasteiger partial charge >= 0.3 is 0 Å². The molecule has 1 heterocycles. The molecule has 1 aliphatic rings. The van der Waals surface area contributed by atoms with Crippen molar-refractivity contribution in [1.82, 2.24) is 9.80 Å². The van der Waals surface area contributed by atoms with Gasteiger partial charge < -0.3 is 4.90 Å². The van der Waals surface area contributed by atoms with Crippen LogP contribution in [-0.4, -0.2) is 47.2 Å². The van der Waals surface area contributed by atoms with Crippen LogP contribution in [0.15, 0.2) is 12.1 Å². The Hall–Kier alpha value is -1.59. The molecule has 0 aromatic heterocycles. The van der Waals surface area contributed by atoms with Crippen molar-refractivity contribution < 1.29 is 14.4 Å². The number of nitrogens with zero attached hydrogens (tertiary/aromatic N) is 2. The van der Waals surface area contributed by atoms with Crippen molar-refractivity contribution in [2.24, 2.45) is 0 Å². The number of amides is 3. The number of fused-ring (bicyclic) bond motifs is 1. The van der Waals surface area contributed by atoms with Crippen LogP contribution in [0.4, 0.5) is 0 Å². The topological polar surface area (TPSA) is 57.7 Å². The Morgan fingerprint density at radius 2 is 1.43 bits per heavy atom. The Morgan fingerprint density at radius 1 is 1.00 bits per heavy atom. The van der Waals surface area contributed by atoms with Crippen molar-refractivity contribution in [2.45, 2.75) is 26.7 Å². The molecule has 2 rings (SSSR count). The molecule has 0 fully saturated rings. The molecule has 0 N–H and O–H groups in total. The number of carbonyl (C=O) groups is 3. The average molecular weight is 357 g/mol. The molecule has 7 heteroatoms. The second-order valence-corrected chi connectivity index (χ2v) is 6.20. The predicted octanol–water partition coefficient (Wildman–Crippen LogP) is 3.24. The average Bonchev–Trinajstić information content (AvgIpc) is 2.73. The number of hydrogen-bond acceptors (Lipinski definition) is 3. The fraction of sp³-hybridized carbons (Fsp3) is 0.438. The van der Waals surface area contributed by atoms with E-state index >= 15 is 0 Å². The highest BCUT2D eigenvalue weighted by Crippen LogP contribution is 2.31. The summed E-state index contributed by atoms with van der Waals surface area (Å²) in [6.45, 7) is 4.90. The Kier molecular flexibility index (Phi) is 5.65. The van der Waals surface area contributed by atoms with Crippen molar-refractivity contribution >= 4 is 40.9 Å². The van der Waals surface area contributed by atoms with E-state index in [4.69, 9.17) is 23.2 Å². The Labute approximate surface area is 145 Å². The maximum absolute atomic E-state index is 12.4. The summed E-state index contributed by atoms with van der Waals surface area (Å²) in [6.07, 6.45) is 1.64. The molecule has 0 saturated heterocycles. The third-order valence-corrected chi connectivity index (χ3v) is 4.37. The first-order chi connectivity index (χ1) is 10.9. The SMILES string of the molecule is CCCN(CCC)C(=O)CN1C(=O)c2cc(Cl)c(Cl)cc2C1=O. The lowest BCUT2D eigenvalue weighted by Gasteiger charge is -2.23. The monoisotopic (exact) mass is 356 g/mol. The number of halogens is 2. The van der Waals surface area contributed by atoms with E-state index in [1.807, 2.05) is 13.8 Å². The van der Waals surface area contributed by atoms with E-state index in [-0.39, 0.29) is 33.6 Å². The second kappa shape index (κ2) is 7.32. The zero-order valence-electron chi connectivity index (χ0n) is 13.1. The molecule has 3 amide bonds. The van der Waals surface area contributed by atoms with Crippen LogP contribution in [0, 0.1) is 0 Å². The van der Waals surface area contributed by atoms with Crippen molar-refractivity contribution in [2.75, 3.05) is 19.6 Å². The summed E-state index contributed by atoms with van der Waals surface area (Å²) in [4.78, 5) is 39.8. The molecule has 5 nitrogen and oxygen atoms in total. The maximum atomic E-state index is 12.4. The predicted molar refractivity (Wildman–Crippen MR) is 89.0 cm³/mol. The van der Waals surface area contributed by atoms with Crippen molar-refractivity contribution in [3.63, 3.8) is 0 Å². The van der Waals surface area contributed by atoms with Crippen molar-refractivity contribution in [3.05, 3.63) is 33.3 Å². The van der Waals surface area contributed by atoms with Crippen molar-refractivity contribution in [1.29, 1.82) is 0 Å². The van der Waals surface area contributed by atoms with Gasteiger partial charge in [-0.05, 0) is 25.0 Å². The maximum Gasteiger partial charge on any atom is 0.262 e. The minimum Gasteiger partial charge on any atom is -0.341 e. The van der Waals surface area contributed by atoms with E-state index in [0.717, 1.165) is 17.7 Å². The molecule has 0 unspecified atom stereocenters. The highest BCUT2D eigenvalue weighted by Gasteiger charge is 2.38. The minimum atomic E-state index is -0.509. The molecule has 0 aliphatic carbocycles. The fourth-order valence-corrected chi connectivity index (χ4v) is 2.89. The van der Waals surface area contributed by atoms with Gasteiger partial charge in [0.25, 0.3) is 11.8 Å². The van der Waals surface area contributed by atoms with E-state index in [9.17, 15) is 14.4 Å². The van der Waals surface area contributed by atoms with Crippen LogP contribution in [0.3, 0.4) is 0 Å². The normalized spacial score (nSPS) is 13.5. The summed E-state index contributed by atoms with van der Waals surface area (Å²) < 4.78 is 0. The highest BCUT2D eigenvalue weighted by atomic mass is 35.5.